The molecule has 0 aliphatic heterocycles. The van der Waals surface area contributed by atoms with Gasteiger partial charge in [0.05, 0.1) is 27.8 Å². The van der Waals surface area contributed by atoms with Crippen molar-refractivity contribution in [3.8, 4) is 5.75 Å². The van der Waals surface area contributed by atoms with Crippen molar-refractivity contribution >= 4 is 54.6 Å². The minimum Gasteiger partial charge on any atom is -0.496 e. The number of carbonyl (C=O) groups is 1. The number of fused-ring (bicyclic) bond motifs is 1. The number of halogens is 1. The zero-order valence-electron chi connectivity index (χ0n) is 17.7. The first-order valence-electron chi connectivity index (χ1n) is 10.2. The van der Waals surface area contributed by atoms with Crippen molar-refractivity contribution in [1.82, 2.24) is 5.32 Å². The number of carbonyl (C=O) groups excluding carboxylic acids is 1. The van der Waals surface area contributed by atoms with E-state index in [1.807, 2.05) is 24.3 Å². The summed E-state index contributed by atoms with van der Waals surface area (Å²) in [5.74, 6) is 0.691. The van der Waals surface area contributed by atoms with Gasteiger partial charge in [0.25, 0.3) is 5.91 Å². The van der Waals surface area contributed by atoms with Crippen molar-refractivity contribution in [2.75, 3.05) is 24.7 Å². The Kier molecular flexibility index (Phi) is 7.09. The number of benzene rings is 3. The van der Waals surface area contributed by atoms with E-state index >= 15 is 0 Å². The van der Waals surface area contributed by atoms with Crippen LogP contribution >= 0.6 is 27.3 Å². The lowest BCUT2D eigenvalue weighted by molar-refractivity contribution is 0.103. The number of nitrogens with one attached hydrogen (secondary N) is 2. The molecule has 0 aliphatic carbocycles. The van der Waals surface area contributed by atoms with E-state index in [2.05, 4.69) is 56.9 Å². The Morgan fingerprint density at radius 3 is 2.66 bits per heavy atom. The number of para-hydroxylation sites is 2. The summed E-state index contributed by atoms with van der Waals surface area (Å²) in [4.78, 5) is 13.3. The Bertz CT molecular complexity index is 1260. The summed E-state index contributed by atoms with van der Waals surface area (Å²) in [7, 11) is 1.66. The van der Waals surface area contributed by atoms with Crippen LogP contribution in [-0.2, 0) is 13.0 Å². The standard InChI is InChI=1S/C25H24BrN3O2S/c1-31-22-9-7-17(12-19(22)26)15-28-11-10-16-6-8-18-14-24(32-23(18)13-16)25(30)29-21-5-3-2-4-20(21)27/h2-9,12-14,28H,10-11,15,27H2,1H3,(H,29,30). The van der Waals surface area contributed by atoms with E-state index in [0.717, 1.165) is 39.8 Å². The lowest BCUT2D eigenvalue weighted by Gasteiger charge is -2.08. The van der Waals surface area contributed by atoms with Crippen LogP contribution in [0.4, 0.5) is 11.4 Å². The van der Waals surface area contributed by atoms with Crippen molar-refractivity contribution < 1.29 is 9.53 Å². The number of anilines is 2. The number of ether oxygens (including phenoxy) is 1. The normalized spacial score (nSPS) is 10.9. The smallest absolute Gasteiger partial charge is 0.265 e. The van der Waals surface area contributed by atoms with E-state index in [0.29, 0.717) is 16.3 Å². The summed E-state index contributed by atoms with van der Waals surface area (Å²) in [6.07, 6.45) is 0.910. The van der Waals surface area contributed by atoms with Crippen LogP contribution in [0.2, 0.25) is 0 Å². The molecule has 4 N–H and O–H groups in total. The van der Waals surface area contributed by atoms with Gasteiger partial charge in [0.1, 0.15) is 5.75 Å². The molecule has 1 amide bonds. The molecule has 1 aromatic heterocycles. The van der Waals surface area contributed by atoms with E-state index in [1.165, 1.54) is 22.5 Å². The van der Waals surface area contributed by atoms with Crippen LogP contribution < -0.4 is 21.1 Å². The van der Waals surface area contributed by atoms with Gasteiger partial charge in [-0.15, -0.1) is 11.3 Å². The highest BCUT2D eigenvalue weighted by Gasteiger charge is 2.12. The predicted molar refractivity (Wildman–Crippen MR) is 137 cm³/mol. The maximum Gasteiger partial charge on any atom is 0.265 e. The lowest BCUT2D eigenvalue weighted by Crippen LogP contribution is -2.16. The van der Waals surface area contributed by atoms with Crippen LogP contribution in [0.15, 0.2) is 71.2 Å². The lowest BCUT2D eigenvalue weighted by atomic mass is 10.1. The Labute approximate surface area is 199 Å². The van der Waals surface area contributed by atoms with Crippen LogP contribution in [0.1, 0.15) is 20.8 Å². The summed E-state index contributed by atoms with van der Waals surface area (Å²) in [5, 5.41) is 7.45. The fourth-order valence-electron chi connectivity index (χ4n) is 3.42. The van der Waals surface area contributed by atoms with Crippen LogP contribution in [0, 0.1) is 0 Å². The fourth-order valence-corrected chi connectivity index (χ4v) is 5.03. The van der Waals surface area contributed by atoms with Gasteiger partial charge >= 0.3 is 0 Å². The zero-order valence-corrected chi connectivity index (χ0v) is 20.1. The average molecular weight is 510 g/mol. The van der Waals surface area contributed by atoms with E-state index in [1.54, 1.807) is 19.2 Å². The summed E-state index contributed by atoms with van der Waals surface area (Å²) in [5.41, 5.74) is 9.55. The summed E-state index contributed by atoms with van der Waals surface area (Å²) >= 11 is 5.02. The molecule has 0 fully saturated rings. The molecule has 4 rings (SSSR count). The molecule has 7 heteroatoms. The highest BCUT2D eigenvalue weighted by atomic mass is 79.9. The van der Waals surface area contributed by atoms with Crippen molar-refractivity contribution in [2.24, 2.45) is 0 Å². The summed E-state index contributed by atoms with van der Waals surface area (Å²) in [6, 6.07) is 21.7. The van der Waals surface area contributed by atoms with Crippen LogP contribution in [-0.4, -0.2) is 19.6 Å². The highest BCUT2D eigenvalue weighted by Crippen LogP contribution is 2.28. The third-order valence-corrected chi connectivity index (χ3v) is 6.87. The van der Waals surface area contributed by atoms with Gasteiger partial charge in [-0.05, 0) is 81.8 Å². The minimum absolute atomic E-state index is 0.141. The van der Waals surface area contributed by atoms with Crippen LogP contribution in [0.5, 0.6) is 5.75 Å². The molecule has 32 heavy (non-hydrogen) atoms. The van der Waals surface area contributed by atoms with E-state index in [9.17, 15) is 4.79 Å². The molecule has 5 nitrogen and oxygen atoms in total. The molecule has 0 unspecified atom stereocenters. The summed E-state index contributed by atoms with van der Waals surface area (Å²) in [6.45, 7) is 1.65. The molecule has 0 atom stereocenters. The van der Waals surface area contributed by atoms with Gasteiger partial charge in [0.15, 0.2) is 0 Å². The third kappa shape index (κ3) is 5.30. The molecule has 1 heterocycles. The predicted octanol–water partition coefficient (Wildman–Crippen LogP) is 5.84. The highest BCUT2D eigenvalue weighted by molar-refractivity contribution is 9.10. The van der Waals surface area contributed by atoms with E-state index in [-0.39, 0.29) is 5.91 Å². The second-order valence-corrected chi connectivity index (χ2v) is 9.36. The molecule has 3 aromatic carbocycles. The monoisotopic (exact) mass is 509 g/mol. The zero-order chi connectivity index (χ0) is 22.5. The maximum absolute atomic E-state index is 12.7. The molecule has 0 saturated carbocycles. The first kappa shape index (κ1) is 22.3. The van der Waals surface area contributed by atoms with Crippen LogP contribution in [0.25, 0.3) is 10.1 Å². The molecule has 0 aliphatic rings. The minimum atomic E-state index is -0.141. The van der Waals surface area contributed by atoms with Gasteiger partial charge in [-0.3, -0.25) is 4.79 Å². The number of thiophene rings is 1. The summed E-state index contributed by atoms with van der Waals surface area (Å²) < 4.78 is 7.33. The van der Waals surface area contributed by atoms with Crippen LogP contribution in [0.3, 0.4) is 0 Å². The number of amides is 1. The average Bonchev–Trinajstić information content (AvgIpc) is 3.22. The van der Waals surface area contributed by atoms with Crippen molar-refractivity contribution in [1.29, 1.82) is 0 Å². The molecule has 0 spiro atoms. The topological polar surface area (TPSA) is 76.4 Å². The first-order chi connectivity index (χ1) is 15.5. The van der Waals surface area contributed by atoms with Gasteiger partial charge in [-0.1, -0.05) is 30.3 Å². The molecular weight excluding hydrogens is 486 g/mol. The van der Waals surface area contributed by atoms with Gasteiger partial charge in [0.2, 0.25) is 0 Å². The number of hydrogen-bond donors (Lipinski definition) is 3. The molecule has 0 radical (unpaired) electrons. The van der Waals surface area contributed by atoms with Gasteiger partial charge in [0, 0.05) is 11.2 Å². The Morgan fingerprint density at radius 2 is 1.88 bits per heavy atom. The Hall–Kier alpha value is -2.87. The molecular formula is C25H24BrN3O2S. The number of hydrogen-bond acceptors (Lipinski definition) is 5. The number of nitrogens with two attached hydrogens (primary N) is 1. The second kappa shape index (κ2) is 10.2. The van der Waals surface area contributed by atoms with Gasteiger partial charge < -0.3 is 21.1 Å². The van der Waals surface area contributed by atoms with Crippen molar-refractivity contribution in [3.05, 3.63) is 87.2 Å². The quantitative estimate of drug-likeness (QED) is 0.206. The number of methoxy groups -OCH3 is 1. The largest absolute Gasteiger partial charge is 0.496 e. The first-order valence-corrected chi connectivity index (χ1v) is 11.9. The van der Waals surface area contributed by atoms with Gasteiger partial charge in [-0.25, -0.2) is 0 Å². The fraction of sp³-hybridized carbons (Fsp3) is 0.160. The Morgan fingerprint density at radius 1 is 1.06 bits per heavy atom. The SMILES string of the molecule is COc1ccc(CNCCc2ccc3cc(C(=O)Nc4ccccc4N)sc3c2)cc1Br. The van der Waals surface area contributed by atoms with E-state index < -0.39 is 0 Å². The van der Waals surface area contributed by atoms with Crippen molar-refractivity contribution in [3.63, 3.8) is 0 Å². The second-order valence-electron chi connectivity index (χ2n) is 7.42. The molecule has 0 saturated heterocycles. The van der Waals surface area contributed by atoms with Crippen molar-refractivity contribution in [2.45, 2.75) is 13.0 Å². The Balaban J connectivity index is 1.35. The molecule has 4 aromatic rings. The van der Waals surface area contributed by atoms with Gasteiger partial charge in [-0.2, -0.15) is 0 Å². The number of rotatable bonds is 8. The molecule has 0 bridgehead atoms. The third-order valence-electron chi connectivity index (χ3n) is 5.15. The van der Waals surface area contributed by atoms with E-state index in [4.69, 9.17) is 10.5 Å². The number of nitrogen functional groups attached to an aromatic ring is 1. The molecule has 164 valence electrons. The maximum atomic E-state index is 12.7.